The molecule has 1 aliphatic rings. The molecule has 0 amide bonds. The summed E-state index contributed by atoms with van der Waals surface area (Å²) in [6, 6.07) is 11.6. The molecule has 4 rings (SSSR count). The van der Waals surface area contributed by atoms with E-state index in [1.807, 2.05) is 0 Å². The van der Waals surface area contributed by atoms with Gasteiger partial charge < -0.3 is 18.8 Å². The van der Waals surface area contributed by atoms with E-state index in [0.29, 0.717) is 22.8 Å². The number of rotatable bonds is 5. The highest BCUT2D eigenvalue weighted by atomic mass is 19.4. The predicted octanol–water partition coefficient (Wildman–Crippen LogP) is 4.19. The van der Waals surface area contributed by atoms with Crippen LogP contribution in [0.3, 0.4) is 0 Å². The highest BCUT2D eigenvalue weighted by Gasteiger charge is 2.40. The smallest absolute Gasteiger partial charge is 0.454 e. The molecule has 0 bridgehead atoms. The van der Waals surface area contributed by atoms with Gasteiger partial charge in [0.2, 0.25) is 6.79 Å². The number of hydrogen-bond acceptors (Lipinski definition) is 4. The van der Waals surface area contributed by atoms with E-state index in [-0.39, 0.29) is 30.9 Å². The summed E-state index contributed by atoms with van der Waals surface area (Å²) in [6.45, 7) is 0.641. The van der Waals surface area contributed by atoms with Crippen molar-refractivity contribution in [2.75, 3.05) is 13.4 Å². The van der Waals surface area contributed by atoms with Crippen molar-refractivity contribution in [2.45, 2.75) is 12.7 Å². The Bertz CT molecular complexity index is 1010. The van der Waals surface area contributed by atoms with Crippen LogP contribution in [-0.2, 0) is 6.54 Å². The van der Waals surface area contributed by atoms with Gasteiger partial charge >= 0.3 is 6.18 Å². The lowest BCUT2D eigenvalue weighted by molar-refractivity contribution is -0.0884. The summed E-state index contributed by atoms with van der Waals surface area (Å²) in [4.78, 5) is 11.7. The molecular formula is C19H14F3NO4. The van der Waals surface area contributed by atoms with Crippen LogP contribution in [0.4, 0.5) is 13.2 Å². The van der Waals surface area contributed by atoms with Crippen molar-refractivity contribution in [3.8, 4) is 17.2 Å². The molecule has 0 aliphatic carbocycles. The number of carbonyl (C=O) groups is 1. The van der Waals surface area contributed by atoms with Gasteiger partial charge in [-0.3, -0.25) is 4.79 Å². The summed E-state index contributed by atoms with van der Waals surface area (Å²) in [7, 11) is 0. The first-order valence-corrected chi connectivity index (χ1v) is 8.15. The summed E-state index contributed by atoms with van der Waals surface area (Å²) in [5.74, 6) is -0.0810. The Balaban J connectivity index is 1.53. The van der Waals surface area contributed by atoms with E-state index < -0.39 is 12.0 Å². The number of Topliss-reactive ketones (excluding diaryl/α,β-unsaturated/α-hetero) is 1. The summed E-state index contributed by atoms with van der Waals surface area (Å²) in [6.07, 6.45) is -3.69. The van der Waals surface area contributed by atoms with E-state index in [1.165, 1.54) is 12.3 Å². The predicted molar refractivity (Wildman–Crippen MR) is 90.4 cm³/mol. The number of halogens is 3. The van der Waals surface area contributed by atoms with Crippen molar-refractivity contribution in [3.63, 3.8) is 0 Å². The van der Waals surface area contributed by atoms with Crippen LogP contribution < -0.4 is 14.2 Å². The zero-order valence-electron chi connectivity index (χ0n) is 14.0. The van der Waals surface area contributed by atoms with Crippen LogP contribution in [0.15, 0.2) is 48.7 Å². The second-order valence-corrected chi connectivity index (χ2v) is 5.94. The summed E-state index contributed by atoms with van der Waals surface area (Å²) >= 11 is 0. The van der Waals surface area contributed by atoms with E-state index in [2.05, 4.69) is 0 Å². The fourth-order valence-corrected chi connectivity index (χ4v) is 2.99. The van der Waals surface area contributed by atoms with Crippen LogP contribution in [0.5, 0.6) is 17.2 Å². The molecule has 0 unspecified atom stereocenters. The number of aromatic nitrogens is 1. The minimum Gasteiger partial charge on any atom is -0.492 e. The number of ether oxygens (including phenoxy) is 3. The molecule has 5 nitrogen and oxygen atoms in total. The lowest BCUT2D eigenvalue weighted by atomic mass is 10.1. The number of benzene rings is 2. The van der Waals surface area contributed by atoms with Gasteiger partial charge in [-0.15, -0.1) is 0 Å². The topological polar surface area (TPSA) is 49.7 Å². The molecule has 8 heteroatoms. The number of fused-ring (bicyclic) bond motifs is 2. The first-order chi connectivity index (χ1) is 12.9. The number of hydrogen-bond donors (Lipinski definition) is 0. The van der Waals surface area contributed by atoms with Crippen LogP contribution in [-0.4, -0.2) is 29.9 Å². The van der Waals surface area contributed by atoms with Gasteiger partial charge in [-0.1, -0.05) is 18.2 Å². The molecular weight excluding hydrogens is 363 g/mol. The lowest BCUT2D eigenvalue weighted by Crippen LogP contribution is -2.22. The third-order valence-corrected chi connectivity index (χ3v) is 4.24. The van der Waals surface area contributed by atoms with Crippen LogP contribution >= 0.6 is 0 Å². The number of nitrogens with zero attached hydrogens (tertiary/aromatic N) is 1. The van der Waals surface area contributed by atoms with Gasteiger partial charge in [0, 0.05) is 23.2 Å². The monoisotopic (exact) mass is 377 g/mol. The lowest BCUT2D eigenvalue weighted by Gasteiger charge is -2.09. The van der Waals surface area contributed by atoms with Crippen molar-refractivity contribution >= 4 is 16.7 Å². The standard InChI is InChI=1S/C19H14F3NO4/c20-19(21,22)18(24)14-10-23(15-4-2-1-3-13(14)15)7-8-25-12-5-6-16-17(9-12)27-11-26-16/h1-6,9-10H,7-8,11H2. The normalized spacial score (nSPS) is 13.1. The van der Waals surface area contributed by atoms with Crippen LogP contribution in [0.1, 0.15) is 10.4 Å². The molecule has 0 saturated heterocycles. The molecule has 1 aromatic heterocycles. The minimum absolute atomic E-state index is 0.157. The Morgan fingerprint density at radius 2 is 1.89 bits per heavy atom. The maximum atomic E-state index is 12.8. The maximum absolute atomic E-state index is 12.8. The van der Waals surface area contributed by atoms with Gasteiger partial charge in [-0.25, -0.2) is 0 Å². The number of alkyl halides is 3. The van der Waals surface area contributed by atoms with Gasteiger partial charge in [-0.2, -0.15) is 13.2 Å². The third kappa shape index (κ3) is 3.30. The molecule has 0 spiro atoms. The van der Waals surface area contributed by atoms with Gasteiger partial charge in [-0.05, 0) is 18.2 Å². The third-order valence-electron chi connectivity index (χ3n) is 4.24. The number of para-hydroxylation sites is 1. The number of ketones is 1. The molecule has 2 aromatic carbocycles. The van der Waals surface area contributed by atoms with Crippen molar-refractivity contribution < 1.29 is 32.2 Å². The van der Waals surface area contributed by atoms with Gasteiger partial charge in [0.25, 0.3) is 5.78 Å². The van der Waals surface area contributed by atoms with Crippen molar-refractivity contribution in [2.24, 2.45) is 0 Å². The maximum Gasteiger partial charge on any atom is 0.454 e. The molecule has 0 radical (unpaired) electrons. The highest BCUT2D eigenvalue weighted by molar-refractivity contribution is 6.10. The molecule has 0 N–H and O–H groups in total. The molecule has 140 valence electrons. The van der Waals surface area contributed by atoms with E-state index in [0.717, 1.165) is 0 Å². The molecule has 3 aromatic rings. The second-order valence-electron chi connectivity index (χ2n) is 5.94. The Kier molecular flexibility index (Phi) is 4.18. The molecule has 0 fully saturated rings. The van der Waals surface area contributed by atoms with Gasteiger partial charge in [0.1, 0.15) is 12.4 Å². The number of carbonyl (C=O) groups excluding carboxylic acids is 1. The Labute approximate surface area is 151 Å². The van der Waals surface area contributed by atoms with E-state index in [1.54, 1.807) is 41.0 Å². The highest BCUT2D eigenvalue weighted by Crippen LogP contribution is 2.35. The minimum atomic E-state index is -4.92. The van der Waals surface area contributed by atoms with E-state index in [9.17, 15) is 18.0 Å². The molecule has 0 saturated carbocycles. The zero-order valence-corrected chi connectivity index (χ0v) is 14.0. The molecule has 2 heterocycles. The first kappa shape index (κ1) is 17.3. The van der Waals surface area contributed by atoms with Gasteiger partial charge in [0.05, 0.1) is 12.1 Å². The molecule has 0 atom stereocenters. The average Bonchev–Trinajstić information content (AvgIpc) is 3.25. The van der Waals surface area contributed by atoms with Crippen molar-refractivity contribution in [3.05, 3.63) is 54.2 Å². The summed E-state index contributed by atoms with van der Waals surface area (Å²) in [5, 5.41) is 0.267. The largest absolute Gasteiger partial charge is 0.492 e. The fraction of sp³-hybridized carbons (Fsp3) is 0.211. The van der Waals surface area contributed by atoms with Crippen molar-refractivity contribution in [1.82, 2.24) is 4.57 Å². The van der Waals surface area contributed by atoms with E-state index in [4.69, 9.17) is 14.2 Å². The second kappa shape index (κ2) is 6.53. The van der Waals surface area contributed by atoms with Crippen LogP contribution in [0, 0.1) is 0 Å². The Morgan fingerprint density at radius 1 is 1.11 bits per heavy atom. The Morgan fingerprint density at radius 3 is 2.70 bits per heavy atom. The fourth-order valence-electron chi connectivity index (χ4n) is 2.99. The first-order valence-electron chi connectivity index (χ1n) is 8.15. The molecule has 27 heavy (non-hydrogen) atoms. The summed E-state index contributed by atoms with van der Waals surface area (Å²) in [5.41, 5.74) is 0.181. The average molecular weight is 377 g/mol. The van der Waals surface area contributed by atoms with Crippen LogP contribution in [0.2, 0.25) is 0 Å². The van der Waals surface area contributed by atoms with Crippen LogP contribution in [0.25, 0.3) is 10.9 Å². The molecule has 1 aliphatic heterocycles. The zero-order chi connectivity index (χ0) is 19.0. The SMILES string of the molecule is O=C(c1cn(CCOc2ccc3c(c2)OCO3)c2ccccc12)C(F)(F)F. The van der Waals surface area contributed by atoms with Crippen molar-refractivity contribution in [1.29, 1.82) is 0 Å². The Hall–Kier alpha value is -3.16. The van der Waals surface area contributed by atoms with E-state index >= 15 is 0 Å². The summed E-state index contributed by atoms with van der Waals surface area (Å²) < 4.78 is 56.3. The van der Waals surface area contributed by atoms with Gasteiger partial charge in [0.15, 0.2) is 11.5 Å². The quantitative estimate of drug-likeness (QED) is 0.626.